The van der Waals surface area contributed by atoms with Crippen molar-refractivity contribution in [2.24, 2.45) is 11.8 Å². The minimum Gasteiger partial charge on any atom is -0.364 e. The summed E-state index contributed by atoms with van der Waals surface area (Å²) in [6.45, 7) is 4.15. The van der Waals surface area contributed by atoms with Gasteiger partial charge in [-0.15, -0.1) is 0 Å². The number of H-pyrrole nitrogens is 1. The van der Waals surface area contributed by atoms with E-state index >= 15 is 4.39 Å². The van der Waals surface area contributed by atoms with Gasteiger partial charge in [-0.2, -0.15) is 0 Å². The van der Waals surface area contributed by atoms with Crippen LogP contribution in [-0.2, 0) is 6.42 Å². The van der Waals surface area contributed by atoms with Gasteiger partial charge in [-0.25, -0.2) is 9.37 Å². The predicted molar refractivity (Wildman–Crippen MR) is 145 cm³/mol. The number of imidazole rings is 1. The van der Waals surface area contributed by atoms with Gasteiger partial charge in [0.2, 0.25) is 0 Å². The molecule has 3 heterocycles. The molecule has 10 heteroatoms. The summed E-state index contributed by atoms with van der Waals surface area (Å²) in [6.07, 6.45) is 8.88. The average molecular weight is 533 g/mol. The second-order valence-corrected chi connectivity index (χ2v) is 10.6. The SMILES string of the molecule is CCc1nocc1C(=O)N[C@H](c1nc2c(F)c(-c3cnccc3C(=O)N(C)C)ccc2[nH]1)C1CCC(C)CC1. The van der Waals surface area contributed by atoms with Crippen molar-refractivity contribution < 1.29 is 18.5 Å². The number of benzene rings is 1. The average Bonchev–Trinajstić information content (AvgIpc) is 3.60. The van der Waals surface area contributed by atoms with Crippen LogP contribution in [0.4, 0.5) is 4.39 Å². The lowest BCUT2D eigenvalue weighted by Gasteiger charge is -2.32. The highest BCUT2D eigenvalue weighted by Crippen LogP contribution is 2.38. The number of aromatic amines is 1. The normalized spacial score (nSPS) is 18.2. The number of carbonyl (C=O) groups is 2. The van der Waals surface area contributed by atoms with Gasteiger partial charge in [-0.05, 0) is 49.3 Å². The minimum atomic E-state index is -0.551. The molecule has 1 aliphatic rings. The van der Waals surface area contributed by atoms with Crippen LogP contribution < -0.4 is 5.32 Å². The van der Waals surface area contributed by atoms with E-state index < -0.39 is 11.9 Å². The molecule has 3 aromatic heterocycles. The maximum atomic E-state index is 16.0. The van der Waals surface area contributed by atoms with E-state index in [9.17, 15) is 9.59 Å². The Morgan fingerprint density at radius 3 is 2.64 bits per heavy atom. The van der Waals surface area contributed by atoms with Crippen LogP contribution >= 0.6 is 0 Å². The molecule has 4 aromatic rings. The monoisotopic (exact) mass is 532 g/mol. The molecule has 5 rings (SSSR count). The van der Waals surface area contributed by atoms with E-state index in [0.29, 0.717) is 46.1 Å². The van der Waals surface area contributed by atoms with Gasteiger partial charge >= 0.3 is 0 Å². The minimum absolute atomic E-state index is 0.140. The standard InChI is InChI=1S/C29H33FN6O3/c1-5-22-21(15-39-35-22)28(37)34-25(17-8-6-16(2)7-9-17)27-32-23-11-10-18(24(30)26(23)33-27)20-14-31-13-12-19(20)29(38)36(3)4/h10-17,25H,5-9H2,1-4H3,(H,32,33)(H,34,37)/t16?,17?,25-/m0/s1. The molecule has 2 amide bonds. The summed E-state index contributed by atoms with van der Waals surface area (Å²) in [6, 6.07) is 4.52. The maximum Gasteiger partial charge on any atom is 0.257 e. The number of pyridine rings is 1. The van der Waals surface area contributed by atoms with Gasteiger partial charge < -0.3 is 19.7 Å². The summed E-state index contributed by atoms with van der Waals surface area (Å²) in [4.78, 5) is 39.6. The smallest absolute Gasteiger partial charge is 0.257 e. The molecule has 0 unspecified atom stereocenters. The lowest BCUT2D eigenvalue weighted by atomic mass is 9.79. The van der Waals surface area contributed by atoms with E-state index in [1.54, 1.807) is 32.3 Å². The van der Waals surface area contributed by atoms with Gasteiger partial charge in [0.05, 0.1) is 22.8 Å². The lowest BCUT2D eigenvalue weighted by Crippen LogP contribution is -2.36. The van der Waals surface area contributed by atoms with Crippen molar-refractivity contribution >= 4 is 22.8 Å². The van der Waals surface area contributed by atoms with Gasteiger partial charge in [-0.1, -0.05) is 31.8 Å². The second kappa shape index (κ2) is 11.0. The van der Waals surface area contributed by atoms with E-state index in [1.807, 2.05) is 6.92 Å². The number of halogens is 1. The summed E-state index contributed by atoms with van der Waals surface area (Å²) in [7, 11) is 3.30. The fraction of sp³-hybridized carbons (Fsp3) is 0.414. The van der Waals surface area contributed by atoms with Crippen LogP contribution in [0.5, 0.6) is 0 Å². The van der Waals surface area contributed by atoms with Crippen molar-refractivity contribution in [1.29, 1.82) is 0 Å². The first-order valence-electron chi connectivity index (χ1n) is 13.4. The molecule has 39 heavy (non-hydrogen) atoms. The number of hydrogen-bond acceptors (Lipinski definition) is 6. The highest BCUT2D eigenvalue weighted by atomic mass is 19.1. The van der Waals surface area contributed by atoms with Crippen LogP contribution in [0.3, 0.4) is 0 Å². The quantitative estimate of drug-likeness (QED) is 0.333. The number of carbonyl (C=O) groups excluding carboxylic acids is 2. The van der Waals surface area contributed by atoms with Gasteiger partial charge in [0.25, 0.3) is 11.8 Å². The molecular formula is C29H33FN6O3. The zero-order chi connectivity index (χ0) is 27.7. The third-order valence-electron chi connectivity index (χ3n) is 7.70. The second-order valence-electron chi connectivity index (χ2n) is 10.6. The third-order valence-corrected chi connectivity index (χ3v) is 7.70. The molecule has 1 fully saturated rings. The van der Waals surface area contributed by atoms with Gasteiger partial charge in [0, 0.05) is 37.6 Å². The van der Waals surface area contributed by atoms with Crippen molar-refractivity contribution in [1.82, 2.24) is 30.3 Å². The highest BCUT2D eigenvalue weighted by Gasteiger charge is 2.32. The topological polar surface area (TPSA) is 117 Å². The van der Waals surface area contributed by atoms with Crippen LogP contribution in [0.15, 0.2) is 41.4 Å². The molecule has 0 radical (unpaired) electrons. The fourth-order valence-electron chi connectivity index (χ4n) is 5.40. The molecule has 204 valence electrons. The van der Waals surface area contributed by atoms with Crippen LogP contribution in [0.1, 0.15) is 77.8 Å². The van der Waals surface area contributed by atoms with E-state index in [0.717, 1.165) is 25.7 Å². The number of aromatic nitrogens is 4. The Morgan fingerprint density at radius 1 is 1.15 bits per heavy atom. The van der Waals surface area contributed by atoms with Crippen molar-refractivity contribution in [2.75, 3.05) is 14.1 Å². The van der Waals surface area contributed by atoms with Crippen LogP contribution in [0.25, 0.3) is 22.2 Å². The van der Waals surface area contributed by atoms with E-state index in [-0.39, 0.29) is 28.8 Å². The Balaban J connectivity index is 1.54. The summed E-state index contributed by atoms with van der Waals surface area (Å²) in [5, 5.41) is 7.08. The van der Waals surface area contributed by atoms with Crippen LogP contribution in [-0.4, -0.2) is 50.9 Å². The number of rotatable bonds is 7. The first-order chi connectivity index (χ1) is 18.8. The summed E-state index contributed by atoms with van der Waals surface area (Å²) >= 11 is 0. The first kappa shape index (κ1) is 26.5. The molecule has 1 saturated carbocycles. The Kier molecular flexibility index (Phi) is 7.45. The molecule has 1 aliphatic carbocycles. The highest BCUT2D eigenvalue weighted by molar-refractivity contribution is 6.01. The Hall–Kier alpha value is -4.08. The molecule has 0 bridgehead atoms. The van der Waals surface area contributed by atoms with Crippen molar-refractivity contribution in [3.63, 3.8) is 0 Å². The summed E-state index contributed by atoms with van der Waals surface area (Å²) in [5.41, 5.74) is 2.63. The number of amides is 2. The summed E-state index contributed by atoms with van der Waals surface area (Å²) in [5.74, 6) is 0.173. The molecule has 2 N–H and O–H groups in total. The van der Waals surface area contributed by atoms with E-state index in [1.165, 1.54) is 23.6 Å². The molecule has 0 spiro atoms. The Bertz CT molecular complexity index is 1500. The van der Waals surface area contributed by atoms with Gasteiger partial charge in [0.15, 0.2) is 5.82 Å². The van der Waals surface area contributed by atoms with E-state index in [2.05, 4.69) is 32.3 Å². The number of nitrogens with one attached hydrogen (secondary N) is 2. The Labute approximate surface area is 226 Å². The molecule has 1 atom stereocenters. The van der Waals surface area contributed by atoms with Crippen molar-refractivity contribution in [2.45, 2.75) is 52.0 Å². The zero-order valence-corrected chi connectivity index (χ0v) is 22.6. The summed E-state index contributed by atoms with van der Waals surface area (Å²) < 4.78 is 21.1. The fourth-order valence-corrected chi connectivity index (χ4v) is 5.40. The largest absolute Gasteiger partial charge is 0.364 e. The number of hydrogen-bond donors (Lipinski definition) is 2. The first-order valence-corrected chi connectivity index (χ1v) is 13.4. The maximum absolute atomic E-state index is 16.0. The molecule has 9 nitrogen and oxygen atoms in total. The van der Waals surface area contributed by atoms with Gasteiger partial charge in [0.1, 0.15) is 23.2 Å². The van der Waals surface area contributed by atoms with Crippen LogP contribution in [0.2, 0.25) is 0 Å². The van der Waals surface area contributed by atoms with Crippen molar-refractivity contribution in [3.05, 3.63) is 65.3 Å². The molecular weight excluding hydrogens is 499 g/mol. The zero-order valence-electron chi connectivity index (χ0n) is 22.6. The molecule has 0 saturated heterocycles. The predicted octanol–water partition coefficient (Wildman–Crippen LogP) is 5.31. The Morgan fingerprint density at radius 2 is 1.92 bits per heavy atom. The molecule has 0 aliphatic heterocycles. The van der Waals surface area contributed by atoms with Crippen LogP contribution in [0, 0.1) is 17.7 Å². The lowest BCUT2D eigenvalue weighted by molar-refractivity contribution is 0.0827. The van der Waals surface area contributed by atoms with Gasteiger partial charge in [-0.3, -0.25) is 14.6 Å². The number of fused-ring (bicyclic) bond motifs is 1. The third kappa shape index (κ3) is 5.15. The number of aryl methyl sites for hydroxylation is 1. The molecule has 1 aromatic carbocycles. The van der Waals surface area contributed by atoms with Crippen molar-refractivity contribution in [3.8, 4) is 11.1 Å². The number of nitrogens with zero attached hydrogens (tertiary/aromatic N) is 4. The van der Waals surface area contributed by atoms with E-state index in [4.69, 9.17) is 4.52 Å².